The summed E-state index contributed by atoms with van der Waals surface area (Å²) in [5.74, 6) is -0.151. The molecular weight excluding hydrogens is 277 g/mol. The highest BCUT2D eigenvalue weighted by atomic mass is 35.5. The van der Waals surface area contributed by atoms with E-state index in [1.54, 1.807) is 30.3 Å². The van der Waals surface area contributed by atoms with E-state index < -0.39 is 0 Å². The van der Waals surface area contributed by atoms with Gasteiger partial charge < -0.3 is 5.32 Å². The van der Waals surface area contributed by atoms with Crippen molar-refractivity contribution in [1.82, 2.24) is 5.32 Å². The Balaban J connectivity index is 2.10. The molecule has 1 amide bonds. The van der Waals surface area contributed by atoms with Crippen molar-refractivity contribution in [2.24, 2.45) is 0 Å². The van der Waals surface area contributed by atoms with Crippen molar-refractivity contribution >= 4 is 17.5 Å². The largest absolute Gasteiger partial charge is 0.346 e. The number of amides is 1. The van der Waals surface area contributed by atoms with E-state index in [9.17, 15) is 9.18 Å². The summed E-state index contributed by atoms with van der Waals surface area (Å²) in [6.45, 7) is 1.82. The third-order valence-electron chi connectivity index (χ3n) is 3.04. The second-order valence-electron chi connectivity index (χ2n) is 4.58. The Hall–Kier alpha value is -1.87. The van der Waals surface area contributed by atoms with Crippen molar-refractivity contribution in [2.45, 2.75) is 18.8 Å². The van der Waals surface area contributed by atoms with Crippen molar-refractivity contribution in [2.75, 3.05) is 0 Å². The molecule has 0 fully saturated rings. The van der Waals surface area contributed by atoms with Crippen LogP contribution < -0.4 is 5.32 Å². The van der Waals surface area contributed by atoms with E-state index in [0.29, 0.717) is 11.4 Å². The standard InChI is InChI=1S/C16H15ClFNO/c1-11(13-5-3-7-15(18)9-13)19-16(20)14-6-2-4-12(8-14)10-17/h2-9,11H,10H2,1H3,(H,19,20). The van der Waals surface area contributed by atoms with Crippen LogP contribution in [0.15, 0.2) is 48.5 Å². The third-order valence-corrected chi connectivity index (χ3v) is 3.35. The average molecular weight is 292 g/mol. The number of nitrogens with one attached hydrogen (secondary N) is 1. The molecule has 2 aromatic rings. The van der Waals surface area contributed by atoms with Gasteiger partial charge in [0.25, 0.3) is 5.91 Å². The minimum absolute atomic E-state index is 0.200. The van der Waals surface area contributed by atoms with Gasteiger partial charge in [0.05, 0.1) is 6.04 Å². The van der Waals surface area contributed by atoms with Crippen LogP contribution in [-0.4, -0.2) is 5.91 Å². The van der Waals surface area contributed by atoms with Gasteiger partial charge in [-0.05, 0) is 42.3 Å². The maximum Gasteiger partial charge on any atom is 0.251 e. The molecule has 4 heteroatoms. The number of hydrogen-bond donors (Lipinski definition) is 1. The minimum atomic E-state index is -0.312. The van der Waals surface area contributed by atoms with Gasteiger partial charge in [0.2, 0.25) is 0 Å². The highest BCUT2D eigenvalue weighted by molar-refractivity contribution is 6.17. The zero-order valence-electron chi connectivity index (χ0n) is 11.1. The zero-order valence-corrected chi connectivity index (χ0v) is 11.8. The van der Waals surface area contributed by atoms with Crippen LogP contribution in [0.4, 0.5) is 4.39 Å². The summed E-state index contributed by atoms with van der Waals surface area (Å²) in [4.78, 5) is 12.1. The first kappa shape index (κ1) is 14.5. The molecule has 2 aromatic carbocycles. The van der Waals surface area contributed by atoms with Crippen LogP contribution in [0.5, 0.6) is 0 Å². The van der Waals surface area contributed by atoms with Crippen molar-refractivity contribution in [3.8, 4) is 0 Å². The molecule has 0 saturated carbocycles. The van der Waals surface area contributed by atoms with E-state index in [0.717, 1.165) is 11.1 Å². The smallest absolute Gasteiger partial charge is 0.251 e. The number of benzene rings is 2. The quantitative estimate of drug-likeness (QED) is 0.846. The lowest BCUT2D eigenvalue weighted by Crippen LogP contribution is -2.26. The van der Waals surface area contributed by atoms with E-state index >= 15 is 0 Å². The van der Waals surface area contributed by atoms with Crippen molar-refractivity contribution in [3.63, 3.8) is 0 Å². The van der Waals surface area contributed by atoms with Crippen LogP contribution in [-0.2, 0) is 5.88 Å². The van der Waals surface area contributed by atoms with Gasteiger partial charge in [0, 0.05) is 11.4 Å². The Labute approximate surface area is 122 Å². The molecule has 0 aliphatic carbocycles. The molecule has 1 unspecified atom stereocenters. The molecule has 0 saturated heterocycles. The summed E-state index contributed by atoms with van der Waals surface area (Å²) in [7, 11) is 0. The van der Waals surface area contributed by atoms with E-state index in [-0.39, 0.29) is 17.8 Å². The number of halogens is 2. The predicted octanol–water partition coefficient (Wildman–Crippen LogP) is 4.06. The summed E-state index contributed by atoms with van der Waals surface area (Å²) >= 11 is 5.75. The number of carbonyl (C=O) groups is 1. The maximum atomic E-state index is 13.2. The lowest BCUT2D eigenvalue weighted by atomic mass is 10.1. The predicted molar refractivity (Wildman–Crippen MR) is 78.3 cm³/mol. The summed E-state index contributed by atoms with van der Waals surface area (Å²) in [6, 6.07) is 13.1. The van der Waals surface area contributed by atoms with Gasteiger partial charge in [-0.3, -0.25) is 4.79 Å². The molecule has 104 valence electrons. The number of alkyl halides is 1. The fourth-order valence-electron chi connectivity index (χ4n) is 1.93. The van der Waals surface area contributed by atoms with Crippen LogP contribution in [0, 0.1) is 5.82 Å². The Kier molecular flexibility index (Phi) is 4.74. The highest BCUT2D eigenvalue weighted by Gasteiger charge is 2.12. The van der Waals surface area contributed by atoms with E-state index in [4.69, 9.17) is 11.6 Å². The fraction of sp³-hybridized carbons (Fsp3) is 0.188. The van der Waals surface area contributed by atoms with Crippen LogP contribution in [0.25, 0.3) is 0 Å². The summed E-state index contributed by atoms with van der Waals surface area (Å²) < 4.78 is 13.2. The van der Waals surface area contributed by atoms with Gasteiger partial charge >= 0.3 is 0 Å². The van der Waals surface area contributed by atoms with E-state index in [1.807, 2.05) is 13.0 Å². The molecule has 0 aliphatic heterocycles. The van der Waals surface area contributed by atoms with Crippen LogP contribution in [0.2, 0.25) is 0 Å². The van der Waals surface area contributed by atoms with Crippen molar-refractivity contribution < 1.29 is 9.18 Å². The average Bonchev–Trinajstić information content (AvgIpc) is 2.47. The Bertz CT molecular complexity index is 615. The summed E-state index contributed by atoms with van der Waals surface area (Å²) in [5, 5.41) is 2.84. The van der Waals surface area contributed by atoms with E-state index in [2.05, 4.69) is 5.32 Å². The monoisotopic (exact) mass is 291 g/mol. The van der Waals surface area contributed by atoms with Gasteiger partial charge in [-0.1, -0.05) is 24.3 Å². The first-order valence-corrected chi connectivity index (χ1v) is 6.85. The lowest BCUT2D eigenvalue weighted by Gasteiger charge is -2.14. The lowest BCUT2D eigenvalue weighted by molar-refractivity contribution is 0.0939. The Morgan fingerprint density at radius 2 is 2.00 bits per heavy atom. The third kappa shape index (κ3) is 3.58. The fourth-order valence-corrected chi connectivity index (χ4v) is 2.10. The highest BCUT2D eigenvalue weighted by Crippen LogP contribution is 2.15. The number of hydrogen-bond acceptors (Lipinski definition) is 1. The van der Waals surface area contributed by atoms with Gasteiger partial charge in [-0.2, -0.15) is 0 Å². The molecule has 2 rings (SSSR count). The minimum Gasteiger partial charge on any atom is -0.346 e. The molecule has 0 heterocycles. The molecule has 2 nitrogen and oxygen atoms in total. The molecule has 0 spiro atoms. The van der Waals surface area contributed by atoms with Gasteiger partial charge in [-0.15, -0.1) is 11.6 Å². The topological polar surface area (TPSA) is 29.1 Å². The van der Waals surface area contributed by atoms with Crippen molar-refractivity contribution in [3.05, 3.63) is 71.0 Å². The Morgan fingerprint density at radius 1 is 1.25 bits per heavy atom. The number of rotatable bonds is 4. The van der Waals surface area contributed by atoms with Crippen LogP contribution in [0.1, 0.15) is 34.5 Å². The molecular formula is C16H15ClFNO. The van der Waals surface area contributed by atoms with E-state index in [1.165, 1.54) is 12.1 Å². The Morgan fingerprint density at radius 3 is 2.70 bits per heavy atom. The summed E-state index contributed by atoms with van der Waals surface area (Å²) in [5.41, 5.74) is 2.16. The molecule has 0 bridgehead atoms. The second kappa shape index (κ2) is 6.53. The molecule has 0 aromatic heterocycles. The molecule has 1 N–H and O–H groups in total. The molecule has 0 radical (unpaired) electrons. The second-order valence-corrected chi connectivity index (χ2v) is 4.85. The molecule has 0 aliphatic rings. The van der Waals surface area contributed by atoms with Crippen LogP contribution >= 0.6 is 11.6 Å². The maximum absolute atomic E-state index is 13.2. The van der Waals surface area contributed by atoms with Crippen LogP contribution in [0.3, 0.4) is 0 Å². The molecule has 1 atom stereocenters. The molecule has 20 heavy (non-hydrogen) atoms. The van der Waals surface area contributed by atoms with Gasteiger partial charge in [0.15, 0.2) is 0 Å². The normalized spacial score (nSPS) is 11.9. The van der Waals surface area contributed by atoms with Gasteiger partial charge in [-0.25, -0.2) is 4.39 Å². The zero-order chi connectivity index (χ0) is 14.5. The first-order chi connectivity index (χ1) is 9.60. The number of carbonyl (C=O) groups excluding carboxylic acids is 1. The van der Waals surface area contributed by atoms with Crippen molar-refractivity contribution in [1.29, 1.82) is 0 Å². The summed E-state index contributed by atoms with van der Waals surface area (Å²) in [6.07, 6.45) is 0. The SMILES string of the molecule is CC(NC(=O)c1cccc(CCl)c1)c1cccc(F)c1. The first-order valence-electron chi connectivity index (χ1n) is 6.31. The van der Waals surface area contributed by atoms with Gasteiger partial charge in [0.1, 0.15) is 5.82 Å².